The highest BCUT2D eigenvalue weighted by Crippen LogP contribution is 2.36. The predicted molar refractivity (Wildman–Crippen MR) is 127 cm³/mol. The molecule has 3 aromatic carbocycles. The largest absolute Gasteiger partial charge is 0.496 e. The summed E-state index contributed by atoms with van der Waals surface area (Å²) >= 11 is 0. The highest BCUT2D eigenvalue weighted by atomic mass is 19.1. The third kappa shape index (κ3) is 4.22. The number of nitrogens with one attached hydrogen (secondary N) is 1. The lowest BCUT2D eigenvalue weighted by atomic mass is 10.1. The summed E-state index contributed by atoms with van der Waals surface area (Å²) in [5.74, 6) is -0.348. The lowest BCUT2D eigenvalue weighted by molar-refractivity contribution is -0.112. The van der Waals surface area contributed by atoms with Gasteiger partial charge >= 0.3 is 0 Å². The van der Waals surface area contributed by atoms with Crippen LogP contribution in [0.5, 0.6) is 11.5 Å². The maximum Gasteiger partial charge on any atom is 0.281 e. The van der Waals surface area contributed by atoms with Crippen LogP contribution in [0.15, 0.2) is 59.8 Å². The highest BCUT2D eigenvalue weighted by molar-refractivity contribution is 6.54. The Morgan fingerprint density at radius 3 is 2.83 bits per heavy atom. The van der Waals surface area contributed by atoms with E-state index in [0.717, 1.165) is 5.56 Å². The van der Waals surface area contributed by atoms with Gasteiger partial charge in [-0.2, -0.15) is 0 Å². The molecular weight excluding hydrogens is 469 g/mol. The third-order valence-corrected chi connectivity index (χ3v) is 6.07. The molecule has 2 heterocycles. The molecular formula is C26H22FN3O6. The van der Waals surface area contributed by atoms with E-state index < -0.39 is 11.7 Å². The molecule has 0 saturated heterocycles. The molecule has 0 saturated carbocycles. The SMILES string of the molecule is COc1ccccc1CNC(=O)c1ccc2c(c1)N(Cc1cc(F)cc3c1OCOC3)C(=O)/C2=N\O. The number of hydrogen-bond donors (Lipinski definition) is 2. The Balaban J connectivity index is 1.44. The van der Waals surface area contributed by atoms with Crippen LogP contribution in [0.4, 0.5) is 10.1 Å². The molecule has 0 fully saturated rings. The number of nitrogens with zero attached hydrogens (tertiary/aromatic N) is 2. The molecule has 2 N–H and O–H groups in total. The van der Waals surface area contributed by atoms with Gasteiger partial charge < -0.3 is 29.6 Å². The van der Waals surface area contributed by atoms with Crippen molar-refractivity contribution in [1.82, 2.24) is 5.32 Å². The van der Waals surface area contributed by atoms with Gasteiger partial charge in [0.25, 0.3) is 11.8 Å². The van der Waals surface area contributed by atoms with E-state index in [1.54, 1.807) is 31.4 Å². The Kier molecular flexibility index (Phi) is 6.26. The summed E-state index contributed by atoms with van der Waals surface area (Å²) < 4.78 is 30.4. The summed E-state index contributed by atoms with van der Waals surface area (Å²) in [5.41, 5.74) is 2.62. The number of hydrogen-bond acceptors (Lipinski definition) is 7. The Bertz CT molecular complexity index is 1390. The van der Waals surface area contributed by atoms with Crippen LogP contribution in [-0.4, -0.2) is 36.6 Å². The van der Waals surface area contributed by atoms with Gasteiger partial charge in [-0.15, -0.1) is 0 Å². The molecule has 2 aliphatic heterocycles. The molecule has 3 aromatic rings. The van der Waals surface area contributed by atoms with E-state index in [4.69, 9.17) is 14.2 Å². The maximum absolute atomic E-state index is 14.3. The summed E-state index contributed by atoms with van der Waals surface area (Å²) in [6.45, 7) is 0.374. The van der Waals surface area contributed by atoms with Crippen molar-refractivity contribution < 1.29 is 33.4 Å². The number of rotatable bonds is 6. The van der Waals surface area contributed by atoms with Gasteiger partial charge in [-0.25, -0.2) is 4.39 Å². The number of amides is 2. The molecule has 184 valence electrons. The maximum atomic E-state index is 14.3. The number of anilines is 1. The van der Waals surface area contributed by atoms with Gasteiger partial charge in [-0.05, 0) is 36.4 Å². The number of para-hydroxylation sites is 1. The molecule has 0 atom stereocenters. The van der Waals surface area contributed by atoms with E-state index in [-0.39, 0.29) is 38.1 Å². The Morgan fingerprint density at radius 1 is 1.19 bits per heavy atom. The number of fused-ring (bicyclic) bond motifs is 2. The number of methoxy groups -OCH3 is 1. The van der Waals surface area contributed by atoms with Crippen molar-refractivity contribution in [2.75, 3.05) is 18.8 Å². The van der Waals surface area contributed by atoms with Crippen molar-refractivity contribution >= 4 is 23.2 Å². The van der Waals surface area contributed by atoms with Crippen LogP contribution in [0.1, 0.15) is 32.6 Å². The van der Waals surface area contributed by atoms with Crippen LogP contribution in [0.2, 0.25) is 0 Å². The van der Waals surface area contributed by atoms with E-state index in [1.165, 1.54) is 17.0 Å². The molecule has 0 aliphatic carbocycles. The van der Waals surface area contributed by atoms with Gasteiger partial charge in [0, 0.05) is 34.4 Å². The van der Waals surface area contributed by atoms with Gasteiger partial charge in [-0.3, -0.25) is 9.59 Å². The lowest BCUT2D eigenvalue weighted by Crippen LogP contribution is -2.30. The van der Waals surface area contributed by atoms with Crippen LogP contribution in [0, 0.1) is 5.82 Å². The standard InChI is InChI=1S/C26H22FN3O6/c1-34-22-5-3-2-4-16(22)11-28-25(31)15-6-7-20-21(10-15)30(26(32)23(20)29-33)12-17-8-19(27)9-18-13-35-14-36-24(17)18/h2-10,33H,11-14H2,1H3,(H,28,31)/b29-23-. The van der Waals surface area contributed by atoms with E-state index in [9.17, 15) is 19.2 Å². The van der Waals surface area contributed by atoms with E-state index in [0.29, 0.717) is 39.4 Å². The highest BCUT2D eigenvalue weighted by Gasteiger charge is 2.36. The fourth-order valence-corrected chi connectivity index (χ4v) is 4.37. The molecule has 0 spiro atoms. The predicted octanol–water partition coefficient (Wildman–Crippen LogP) is 3.36. The summed E-state index contributed by atoms with van der Waals surface area (Å²) in [6, 6.07) is 14.6. The van der Waals surface area contributed by atoms with Gasteiger partial charge in [-0.1, -0.05) is 23.4 Å². The van der Waals surface area contributed by atoms with Gasteiger partial charge in [0.1, 0.15) is 17.3 Å². The zero-order chi connectivity index (χ0) is 25.2. The van der Waals surface area contributed by atoms with Gasteiger partial charge in [0.15, 0.2) is 12.5 Å². The monoisotopic (exact) mass is 491 g/mol. The average Bonchev–Trinajstić information content (AvgIpc) is 3.16. The molecule has 2 aliphatic rings. The Hall–Kier alpha value is -4.44. The summed E-state index contributed by atoms with van der Waals surface area (Å²) in [5, 5.41) is 15.5. The number of ether oxygens (including phenoxy) is 3. The van der Waals surface area contributed by atoms with Crippen molar-refractivity contribution in [2.24, 2.45) is 5.16 Å². The topological polar surface area (TPSA) is 110 Å². The molecule has 10 heteroatoms. The number of carbonyl (C=O) groups is 2. The van der Waals surface area contributed by atoms with Crippen LogP contribution >= 0.6 is 0 Å². The molecule has 36 heavy (non-hydrogen) atoms. The van der Waals surface area contributed by atoms with E-state index >= 15 is 0 Å². The van der Waals surface area contributed by atoms with Crippen molar-refractivity contribution in [3.05, 3.63) is 88.2 Å². The molecule has 0 bridgehead atoms. The first-order chi connectivity index (χ1) is 17.5. The Labute approximate surface area is 205 Å². The van der Waals surface area contributed by atoms with Gasteiger partial charge in [0.05, 0.1) is 25.9 Å². The number of carbonyl (C=O) groups excluding carboxylic acids is 2. The average molecular weight is 491 g/mol. The summed E-state index contributed by atoms with van der Waals surface area (Å²) in [7, 11) is 1.56. The van der Waals surface area contributed by atoms with Crippen LogP contribution in [0.25, 0.3) is 0 Å². The first kappa shape index (κ1) is 23.3. The van der Waals surface area contributed by atoms with Crippen LogP contribution in [0.3, 0.4) is 0 Å². The molecule has 0 unspecified atom stereocenters. The van der Waals surface area contributed by atoms with Crippen LogP contribution < -0.4 is 19.7 Å². The second kappa shape index (κ2) is 9.67. The first-order valence-corrected chi connectivity index (χ1v) is 11.1. The third-order valence-electron chi connectivity index (χ3n) is 6.07. The second-order valence-corrected chi connectivity index (χ2v) is 8.23. The quantitative estimate of drug-likeness (QED) is 0.404. The van der Waals surface area contributed by atoms with Crippen molar-refractivity contribution in [2.45, 2.75) is 19.7 Å². The summed E-state index contributed by atoms with van der Waals surface area (Å²) in [4.78, 5) is 27.3. The number of benzene rings is 3. The first-order valence-electron chi connectivity index (χ1n) is 11.1. The molecule has 5 rings (SSSR count). The van der Waals surface area contributed by atoms with Crippen molar-refractivity contribution in [1.29, 1.82) is 0 Å². The van der Waals surface area contributed by atoms with Gasteiger partial charge in [0.2, 0.25) is 0 Å². The second-order valence-electron chi connectivity index (χ2n) is 8.23. The Morgan fingerprint density at radius 2 is 2.03 bits per heavy atom. The molecule has 0 radical (unpaired) electrons. The van der Waals surface area contributed by atoms with Crippen molar-refractivity contribution in [3.63, 3.8) is 0 Å². The minimum Gasteiger partial charge on any atom is -0.496 e. The molecule has 9 nitrogen and oxygen atoms in total. The van der Waals surface area contributed by atoms with Crippen molar-refractivity contribution in [3.8, 4) is 11.5 Å². The van der Waals surface area contributed by atoms with E-state index in [1.807, 2.05) is 18.2 Å². The normalized spacial score (nSPS) is 15.3. The zero-order valence-electron chi connectivity index (χ0n) is 19.3. The lowest BCUT2D eigenvalue weighted by Gasteiger charge is -2.24. The molecule has 0 aromatic heterocycles. The minimum atomic E-state index is -0.579. The smallest absolute Gasteiger partial charge is 0.281 e. The fourth-order valence-electron chi connectivity index (χ4n) is 4.37. The number of halogens is 1. The minimum absolute atomic E-state index is 0.00995. The van der Waals surface area contributed by atoms with E-state index in [2.05, 4.69) is 10.5 Å². The summed E-state index contributed by atoms with van der Waals surface area (Å²) in [6.07, 6.45) is 0. The number of oxime groups is 1. The molecule has 2 amide bonds. The zero-order valence-corrected chi connectivity index (χ0v) is 19.3. The fraction of sp³-hybridized carbons (Fsp3) is 0.192. The van der Waals surface area contributed by atoms with Crippen LogP contribution in [-0.2, 0) is 29.2 Å².